The lowest BCUT2D eigenvalue weighted by atomic mass is 10.1. The Morgan fingerprint density at radius 3 is 2.62 bits per heavy atom. The molecule has 2 aromatic heterocycles. The fraction of sp³-hybridized carbons (Fsp3) is 0.174. The molecule has 0 spiro atoms. The number of hydrogen-bond donors (Lipinski definition) is 3. The fourth-order valence-corrected chi connectivity index (χ4v) is 4.03. The number of nitrogens with two attached hydrogens (primary N) is 2. The number of anilines is 3. The van der Waals surface area contributed by atoms with Crippen molar-refractivity contribution in [1.29, 1.82) is 5.26 Å². The standard InChI is InChI=1S/C23H21ClN8O2/c1-11-16(8-5-9-17(11)34-3)32-21(29-15-7-4-6-14(24)18(15)22(32)33)12(2)28-20-13(10-25)19(26)30-23(27)31-20/h4-9,12H,1-3H3,(H5,26,27,28,30,31)/t12-/m0/s1. The maximum absolute atomic E-state index is 13.8. The summed E-state index contributed by atoms with van der Waals surface area (Å²) >= 11 is 6.38. The van der Waals surface area contributed by atoms with E-state index < -0.39 is 6.04 Å². The lowest BCUT2D eigenvalue weighted by molar-refractivity contribution is 0.411. The van der Waals surface area contributed by atoms with Gasteiger partial charge in [0, 0.05) is 5.56 Å². The third kappa shape index (κ3) is 3.82. The molecule has 11 heteroatoms. The molecule has 0 fully saturated rings. The van der Waals surface area contributed by atoms with Gasteiger partial charge in [-0.3, -0.25) is 9.36 Å². The molecule has 0 radical (unpaired) electrons. The van der Waals surface area contributed by atoms with Crippen molar-refractivity contribution < 1.29 is 4.74 Å². The molecule has 34 heavy (non-hydrogen) atoms. The highest BCUT2D eigenvalue weighted by Gasteiger charge is 2.23. The predicted molar refractivity (Wildman–Crippen MR) is 131 cm³/mol. The average Bonchev–Trinajstić information content (AvgIpc) is 2.79. The Labute approximate surface area is 199 Å². The number of ether oxygens (including phenoxy) is 1. The van der Waals surface area contributed by atoms with Crippen molar-refractivity contribution in [1.82, 2.24) is 19.5 Å². The summed E-state index contributed by atoms with van der Waals surface area (Å²) in [6.45, 7) is 3.62. The van der Waals surface area contributed by atoms with Gasteiger partial charge in [-0.15, -0.1) is 0 Å². The van der Waals surface area contributed by atoms with E-state index in [1.807, 2.05) is 13.0 Å². The van der Waals surface area contributed by atoms with Crippen LogP contribution in [-0.4, -0.2) is 26.6 Å². The highest BCUT2D eigenvalue weighted by molar-refractivity contribution is 6.35. The molecular formula is C23H21ClN8O2. The zero-order valence-corrected chi connectivity index (χ0v) is 19.4. The van der Waals surface area contributed by atoms with E-state index in [-0.39, 0.29) is 34.1 Å². The van der Waals surface area contributed by atoms with Crippen LogP contribution >= 0.6 is 11.6 Å². The van der Waals surface area contributed by atoms with Gasteiger partial charge in [0.05, 0.1) is 34.8 Å². The first-order valence-corrected chi connectivity index (χ1v) is 10.6. The van der Waals surface area contributed by atoms with E-state index in [4.69, 9.17) is 32.8 Å². The van der Waals surface area contributed by atoms with Gasteiger partial charge in [-0.1, -0.05) is 23.7 Å². The lowest BCUT2D eigenvalue weighted by Gasteiger charge is -2.22. The molecule has 0 saturated carbocycles. The van der Waals surface area contributed by atoms with E-state index >= 15 is 0 Å². The molecule has 10 nitrogen and oxygen atoms in total. The van der Waals surface area contributed by atoms with Gasteiger partial charge in [0.1, 0.15) is 29.0 Å². The number of methoxy groups -OCH3 is 1. The molecule has 0 amide bonds. The number of aromatic nitrogens is 4. The highest BCUT2D eigenvalue weighted by Crippen LogP contribution is 2.29. The molecule has 1 atom stereocenters. The molecule has 2 heterocycles. The smallest absolute Gasteiger partial charge is 0.267 e. The summed E-state index contributed by atoms with van der Waals surface area (Å²) in [5, 5.41) is 13.2. The average molecular weight is 477 g/mol. The Morgan fingerprint density at radius 1 is 1.18 bits per heavy atom. The SMILES string of the molecule is COc1cccc(-n2c([C@H](C)Nc3nc(N)nc(N)c3C#N)nc3cccc(Cl)c3c2=O)c1C. The minimum atomic E-state index is -0.609. The van der Waals surface area contributed by atoms with Crippen LogP contribution in [0.5, 0.6) is 5.75 Å². The molecule has 0 aliphatic carbocycles. The molecule has 5 N–H and O–H groups in total. The van der Waals surface area contributed by atoms with Crippen LogP contribution in [0, 0.1) is 18.3 Å². The summed E-state index contributed by atoms with van der Waals surface area (Å²) in [6, 6.07) is 11.8. The molecule has 172 valence electrons. The monoisotopic (exact) mass is 476 g/mol. The second-order valence-corrected chi connectivity index (χ2v) is 7.92. The van der Waals surface area contributed by atoms with Crippen LogP contribution in [-0.2, 0) is 0 Å². The first-order valence-electron chi connectivity index (χ1n) is 10.2. The van der Waals surface area contributed by atoms with E-state index in [0.29, 0.717) is 27.8 Å². The van der Waals surface area contributed by atoms with Crippen LogP contribution in [0.3, 0.4) is 0 Å². The van der Waals surface area contributed by atoms with Crippen LogP contribution in [0.15, 0.2) is 41.2 Å². The van der Waals surface area contributed by atoms with Crippen LogP contribution in [0.1, 0.15) is 29.9 Å². The molecule has 0 aliphatic heterocycles. The molecular weight excluding hydrogens is 456 g/mol. The lowest BCUT2D eigenvalue weighted by Crippen LogP contribution is -2.28. The molecule has 2 aromatic carbocycles. The first-order chi connectivity index (χ1) is 16.3. The summed E-state index contributed by atoms with van der Waals surface area (Å²) < 4.78 is 6.93. The predicted octanol–water partition coefficient (Wildman–Crippen LogP) is 3.36. The van der Waals surface area contributed by atoms with E-state index in [1.54, 1.807) is 50.4 Å². The van der Waals surface area contributed by atoms with Gasteiger partial charge in [-0.2, -0.15) is 15.2 Å². The maximum Gasteiger partial charge on any atom is 0.267 e. The van der Waals surface area contributed by atoms with Crippen molar-refractivity contribution in [2.75, 3.05) is 23.9 Å². The second kappa shape index (κ2) is 8.88. The topological polar surface area (TPSA) is 158 Å². The quantitative estimate of drug-likeness (QED) is 0.392. The van der Waals surface area contributed by atoms with Gasteiger partial charge in [-0.25, -0.2) is 4.98 Å². The normalized spacial score (nSPS) is 11.7. The number of hydrogen-bond acceptors (Lipinski definition) is 9. The fourth-order valence-electron chi connectivity index (χ4n) is 3.78. The second-order valence-electron chi connectivity index (χ2n) is 7.52. The molecule has 0 saturated heterocycles. The first kappa shape index (κ1) is 22.8. The van der Waals surface area contributed by atoms with Crippen LogP contribution in [0.4, 0.5) is 17.6 Å². The zero-order chi connectivity index (χ0) is 24.6. The van der Waals surface area contributed by atoms with Gasteiger partial charge in [0.15, 0.2) is 5.82 Å². The van der Waals surface area contributed by atoms with Crippen molar-refractivity contribution in [2.24, 2.45) is 0 Å². The van der Waals surface area contributed by atoms with Gasteiger partial charge < -0.3 is 21.5 Å². The van der Waals surface area contributed by atoms with Gasteiger partial charge in [0.2, 0.25) is 5.95 Å². The van der Waals surface area contributed by atoms with E-state index in [9.17, 15) is 10.1 Å². The van der Waals surface area contributed by atoms with Crippen molar-refractivity contribution in [2.45, 2.75) is 19.9 Å². The zero-order valence-electron chi connectivity index (χ0n) is 18.6. The maximum atomic E-state index is 13.8. The minimum absolute atomic E-state index is 0.0383. The number of nitriles is 1. The Hall–Kier alpha value is -4.36. The third-order valence-electron chi connectivity index (χ3n) is 5.40. The van der Waals surface area contributed by atoms with Crippen LogP contribution in [0.2, 0.25) is 5.02 Å². The Kier molecular flexibility index (Phi) is 5.96. The Morgan fingerprint density at radius 2 is 1.91 bits per heavy atom. The van der Waals surface area contributed by atoms with Gasteiger partial charge in [0.25, 0.3) is 5.56 Å². The van der Waals surface area contributed by atoms with Crippen LogP contribution < -0.4 is 27.1 Å². The number of nitrogens with one attached hydrogen (secondary N) is 1. The van der Waals surface area contributed by atoms with Crippen molar-refractivity contribution >= 4 is 40.1 Å². The van der Waals surface area contributed by atoms with Crippen molar-refractivity contribution in [3.8, 4) is 17.5 Å². The summed E-state index contributed by atoms with van der Waals surface area (Å²) in [4.78, 5) is 26.5. The number of halogens is 1. The number of nitrogens with zero attached hydrogens (tertiary/aromatic N) is 5. The van der Waals surface area contributed by atoms with E-state index in [0.717, 1.165) is 5.56 Å². The molecule has 0 bridgehead atoms. The van der Waals surface area contributed by atoms with Crippen LogP contribution in [0.25, 0.3) is 16.6 Å². The number of nitrogen functional groups attached to an aromatic ring is 2. The largest absolute Gasteiger partial charge is 0.496 e. The Bertz CT molecular complexity index is 1530. The molecule has 4 aromatic rings. The summed E-state index contributed by atoms with van der Waals surface area (Å²) in [7, 11) is 1.56. The molecule has 4 rings (SSSR count). The Balaban J connectivity index is 1.99. The van der Waals surface area contributed by atoms with Gasteiger partial charge in [-0.05, 0) is 38.1 Å². The van der Waals surface area contributed by atoms with Crippen molar-refractivity contribution in [3.63, 3.8) is 0 Å². The summed E-state index contributed by atoms with van der Waals surface area (Å²) in [5.41, 5.74) is 13.0. The van der Waals surface area contributed by atoms with E-state index in [1.165, 1.54) is 4.57 Å². The summed E-state index contributed by atoms with van der Waals surface area (Å²) in [6.07, 6.45) is 0. The number of benzene rings is 2. The molecule has 0 aliphatic rings. The number of rotatable bonds is 5. The highest BCUT2D eigenvalue weighted by atomic mass is 35.5. The minimum Gasteiger partial charge on any atom is -0.496 e. The van der Waals surface area contributed by atoms with Crippen molar-refractivity contribution in [3.05, 3.63) is 68.7 Å². The van der Waals surface area contributed by atoms with E-state index in [2.05, 4.69) is 15.3 Å². The third-order valence-corrected chi connectivity index (χ3v) is 5.71. The summed E-state index contributed by atoms with van der Waals surface area (Å²) in [5.74, 6) is 0.956. The van der Waals surface area contributed by atoms with Gasteiger partial charge >= 0.3 is 0 Å². The number of fused-ring (bicyclic) bond motifs is 1. The molecule has 0 unspecified atom stereocenters.